The van der Waals surface area contributed by atoms with Crippen LogP contribution in [-0.2, 0) is 32.7 Å². The lowest BCUT2D eigenvalue weighted by molar-refractivity contribution is -0.161. The summed E-state index contributed by atoms with van der Waals surface area (Å²) in [5.74, 6) is -0.226. The van der Waals surface area contributed by atoms with E-state index in [0.717, 1.165) is 44.4 Å². The summed E-state index contributed by atoms with van der Waals surface area (Å²) >= 11 is 0. The van der Waals surface area contributed by atoms with Gasteiger partial charge in [0.15, 0.2) is 6.10 Å². The number of phosphoric acid groups is 1. The van der Waals surface area contributed by atoms with Crippen LogP contribution in [0.2, 0.25) is 0 Å². The van der Waals surface area contributed by atoms with E-state index in [9.17, 15) is 29.3 Å². The van der Waals surface area contributed by atoms with Gasteiger partial charge >= 0.3 is 19.8 Å². The summed E-state index contributed by atoms with van der Waals surface area (Å²) in [6.07, 6.45) is 39.1. The minimum Gasteiger partial charge on any atom is -0.462 e. The summed E-state index contributed by atoms with van der Waals surface area (Å²) in [5.41, 5.74) is 0. The predicted octanol–water partition coefficient (Wildman–Crippen LogP) is 10.1. The van der Waals surface area contributed by atoms with Crippen LogP contribution in [0.4, 0.5) is 0 Å². The summed E-state index contributed by atoms with van der Waals surface area (Å²) in [6.45, 7) is 4.42. The minimum atomic E-state index is -4.65. The number of unbranched alkanes of at least 4 members (excludes halogenated alkanes) is 9. The van der Waals surface area contributed by atoms with Crippen molar-refractivity contribution < 1.29 is 52.9 Å². The van der Waals surface area contributed by atoms with Crippen molar-refractivity contribution in [3.8, 4) is 0 Å². The average Bonchev–Trinajstić information content (AvgIpc) is 3.19. The molecule has 0 aromatic heterocycles. The first-order chi connectivity index (χ1) is 27.5. The van der Waals surface area contributed by atoms with Gasteiger partial charge in [0, 0.05) is 12.8 Å². The molecule has 0 aromatic carbocycles. The van der Waals surface area contributed by atoms with E-state index in [1.807, 2.05) is 54.7 Å². The minimum absolute atomic E-state index is 0.0332. The van der Waals surface area contributed by atoms with E-state index in [-0.39, 0.29) is 19.4 Å². The Morgan fingerprint density at radius 2 is 1.25 bits per heavy atom. The maximum Gasteiger partial charge on any atom is 0.472 e. The molecule has 0 amide bonds. The van der Waals surface area contributed by atoms with Gasteiger partial charge in [-0.2, -0.15) is 0 Å². The van der Waals surface area contributed by atoms with Crippen LogP contribution >= 0.6 is 7.82 Å². The largest absolute Gasteiger partial charge is 0.472 e. The molecule has 0 fully saturated rings. The Morgan fingerprint density at radius 1 is 0.667 bits per heavy atom. The number of rotatable bonds is 38. The van der Waals surface area contributed by atoms with E-state index in [2.05, 4.69) is 37.4 Å². The van der Waals surface area contributed by atoms with Gasteiger partial charge in [0.25, 0.3) is 0 Å². The molecule has 0 saturated heterocycles. The normalized spacial score (nSPS) is 15.7. The van der Waals surface area contributed by atoms with Gasteiger partial charge in [-0.15, -0.1) is 0 Å². The lowest BCUT2D eigenvalue weighted by atomic mass is 9.99. The molecule has 0 aliphatic rings. The number of hydrogen-bond donors (Lipinski definition) is 4. The molecule has 5 atom stereocenters. The third-order valence-electron chi connectivity index (χ3n) is 9.01. The molecule has 0 heterocycles. The fraction of sp³-hybridized carbons (Fsp3) is 0.689. The van der Waals surface area contributed by atoms with E-state index >= 15 is 0 Å². The van der Waals surface area contributed by atoms with Crippen LogP contribution < -0.4 is 0 Å². The van der Waals surface area contributed by atoms with Crippen LogP contribution in [0.1, 0.15) is 149 Å². The van der Waals surface area contributed by atoms with Crippen LogP contribution in [-0.4, -0.2) is 76.9 Å². The number of carbonyl (C=O) groups is 2. The van der Waals surface area contributed by atoms with Crippen molar-refractivity contribution in [2.45, 2.75) is 167 Å². The van der Waals surface area contributed by atoms with Crippen molar-refractivity contribution in [2.24, 2.45) is 5.92 Å². The topological polar surface area (TPSA) is 169 Å². The SMILES string of the molecule is CC/C=C\C/C=C\CC(O)/C=C/C=C\C/C=C\C/C=C\CCC(=O)O[C@H](COC(=O)CCCCCCCCCCCCC(C)CC)COP(=O)(O)OC[C@@H](O)CO. The Labute approximate surface area is 344 Å². The maximum atomic E-state index is 12.6. The zero-order valence-corrected chi connectivity index (χ0v) is 36.2. The van der Waals surface area contributed by atoms with Gasteiger partial charge < -0.3 is 29.7 Å². The van der Waals surface area contributed by atoms with E-state index in [1.54, 1.807) is 6.08 Å². The highest BCUT2D eigenvalue weighted by molar-refractivity contribution is 7.47. The predicted molar refractivity (Wildman–Crippen MR) is 229 cm³/mol. The Bertz CT molecular complexity index is 1210. The second-order valence-corrected chi connectivity index (χ2v) is 15.9. The maximum absolute atomic E-state index is 12.6. The molecule has 0 bridgehead atoms. The van der Waals surface area contributed by atoms with E-state index in [1.165, 1.54) is 51.4 Å². The van der Waals surface area contributed by atoms with Crippen LogP contribution in [0.15, 0.2) is 72.9 Å². The quantitative estimate of drug-likeness (QED) is 0.0154. The second-order valence-electron chi connectivity index (χ2n) is 14.4. The first kappa shape index (κ1) is 54.4. The van der Waals surface area contributed by atoms with E-state index in [0.29, 0.717) is 25.7 Å². The van der Waals surface area contributed by atoms with Gasteiger partial charge in [-0.1, -0.05) is 164 Å². The molecule has 0 aliphatic heterocycles. The average molecular weight is 825 g/mol. The molecule has 0 radical (unpaired) electrons. The highest BCUT2D eigenvalue weighted by Crippen LogP contribution is 2.43. The Balaban J connectivity index is 4.52. The molecular formula is C45H77O11P. The number of hydrogen-bond acceptors (Lipinski definition) is 10. The Hall–Kier alpha value is -2.63. The van der Waals surface area contributed by atoms with Crippen molar-refractivity contribution in [3.63, 3.8) is 0 Å². The highest BCUT2D eigenvalue weighted by atomic mass is 31.2. The molecule has 3 unspecified atom stereocenters. The first-order valence-corrected chi connectivity index (χ1v) is 22.9. The summed E-state index contributed by atoms with van der Waals surface area (Å²) in [5, 5.41) is 28.3. The van der Waals surface area contributed by atoms with E-state index in [4.69, 9.17) is 19.1 Å². The van der Waals surface area contributed by atoms with Crippen LogP contribution in [0.5, 0.6) is 0 Å². The van der Waals surface area contributed by atoms with Crippen LogP contribution in [0, 0.1) is 5.92 Å². The lowest BCUT2D eigenvalue weighted by Gasteiger charge is -2.20. The zero-order chi connectivity index (χ0) is 42.2. The number of esters is 2. The third kappa shape index (κ3) is 38.6. The molecule has 328 valence electrons. The molecule has 57 heavy (non-hydrogen) atoms. The van der Waals surface area contributed by atoms with Crippen LogP contribution in [0.3, 0.4) is 0 Å². The molecule has 0 saturated carbocycles. The van der Waals surface area contributed by atoms with Crippen molar-refractivity contribution in [3.05, 3.63) is 72.9 Å². The lowest BCUT2D eigenvalue weighted by Crippen LogP contribution is -2.29. The Kier molecular flexibility index (Phi) is 37.1. The number of carbonyl (C=O) groups excluding carboxylic acids is 2. The number of phosphoric ester groups is 1. The summed E-state index contributed by atoms with van der Waals surface area (Å²) in [4.78, 5) is 34.9. The zero-order valence-electron chi connectivity index (χ0n) is 35.3. The van der Waals surface area contributed by atoms with Crippen molar-refractivity contribution >= 4 is 19.8 Å². The summed E-state index contributed by atoms with van der Waals surface area (Å²) in [7, 11) is -4.65. The van der Waals surface area contributed by atoms with Crippen LogP contribution in [0.25, 0.3) is 0 Å². The van der Waals surface area contributed by atoms with Gasteiger partial charge in [-0.3, -0.25) is 18.6 Å². The Morgan fingerprint density at radius 3 is 1.89 bits per heavy atom. The molecule has 0 spiro atoms. The molecular weight excluding hydrogens is 747 g/mol. The molecule has 0 aromatic rings. The molecule has 0 aliphatic carbocycles. The number of aliphatic hydroxyl groups is 3. The number of aliphatic hydroxyl groups excluding tert-OH is 3. The molecule has 12 heteroatoms. The molecule has 0 rings (SSSR count). The molecule has 11 nitrogen and oxygen atoms in total. The van der Waals surface area contributed by atoms with Gasteiger partial charge in [0.05, 0.1) is 25.9 Å². The van der Waals surface area contributed by atoms with E-state index < -0.39 is 57.9 Å². The van der Waals surface area contributed by atoms with Gasteiger partial charge in [0.1, 0.15) is 12.7 Å². The second kappa shape index (κ2) is 38.9. The van der Waals surface area contributed by atoms with Crippen molar-refractivity contribution in [1.29, 1.82) is 0 Å². The standard InChI is InChI=1S/C45H77O11P/c1-4-6-7-8-22-27-32-41(47)33-28-23-18-14-10-12-16-20-25-30-35-45(50)56-43(39-55-57(51,52)54-37-42(48)36-46)38-53-44(49)34-29-24-19-15-11-9-13-17-21-26-31-40(3)5-2/h6-7,10,12,18,20,22-23,25,27-28,33,40-43,46-48H,4-5,8-9,11,13-17,19,21,24,26,29-32,34-39H2,1-3H3,(H,51,52)/b7-6-,12-10-,23-18-,25-20-,27-22-,33-28+/t40?,41?,42-,43+/m0/s1. The fourth-order valence-electron chi connectivity index (χ4n) is 5.31. The highest BCUT2D eigenvalue weighted by Gasteiger charge is 2.27. The summed E-state index contributed by atoms with van der Waals surface area (Å²) in [6, 6.07) is 0. The van der Waals surface area contributed by atoms with Gasteiger partial charge in [0.2, 0.25) is 0 Å². The van der Waals surface area contributed by atoms with Crippen molar-refractivity contribution in [1.82, 2.24) is 0 Å². The number of allylic oxidation sites excluding steroid dienone is 10. The van der Waals surface area contributed by atoms with Gasteiger partial charge in [-0.05, 0) is 50.9 Å². The van der Waals surface area contributed by atoms with Crippen molar-refractivity contribution in [2.75, 3.05) is 26.4 Å². The molecule has 4 N–H and O–H groups in total. The monoisotopic (exact) mass is 825 g/mol. The fourth-order valence-corrected chi connectivity index (χ4v) is 6.10. The number of ether oxygens (including phenoxy) is 2. The first-order valence-electron chi connectivity index (χ1n) is 21.4. The smallest absolute Gasteiger partial charge is 0.462 e. The third-order valence-corrected chi connectivity index (χ3v) is 9.96. The van der Waals surface area contributed by atoms with Gasteiger partial charge in [-0.25, -0.2) is 4.57 Å². The summed E-state index contributed by atoms with van der Waals surface area (Å²) < 4.78 is 32.6.